The first-order valence-electron chi connectivity index (χ1n) is 4.57. The summed E-state index contributed by atoms with van der Waals surface area (Å²) in [5, 5.41) is 0. The highest BCUT2D eigenvalue weighted by Crippen LogP contribution is 2.23. The van der Waals surface area contributed by atoms with Crippen molar-refractivity contribution in [2.24, 2.45) is 5.92 Å². The second-order valence-corrected chi connectivity index (χ2v) is 4.65. The number of amides is 1. The predicted octanol–water partition coefficient (Wildman–Crippen LogP) is 2.03. The maximum atomic E-state index is 11.3. The second-order valence-electron chi connectivity index (χ2n) is 3.48. The lowest BCUT2D eigenvalue weighted by Gasteiger charge is -2.34. The lowest BCUT2D eigenvalue weighted by atomic mass is 10.00. The minimum atomic E-state index is 0.293. The number of likely N-dealkylation sites (tertiary alicyclic amines) is 1. The van der Waals surface area contributed by atoms with E-state index in [1.807, 2.05) is 11.8 Å². The zero-order chi connectivity index (χ0) is 9.14. The third-order valence-electron chi connectivity index (χ3n) is 2.46. The van der Waals surface area contributed by atoms with Crippen molar-refractivity contribution in [3.05, 3.63) is 0 Å². The summed E-state index contributed by atoms with van der Waals surface area (Å²) in [5.74, 6) is 0.885. The molecule has 1 aliphatic rings. The molecule has 1 saturated heterocycles. The SMILES string of the molecule is CCC(=O)N1CCC(Br)C(C)C1. The van der Waals surface area contributed by atoms with Crippen LogP contribution in [-0.4, -0.2) is 28.7 Å². The number of nitrogens with zero attached hydrogens (tertiary/aromatic N) is 1. The topological polar surface area (TPSA) is 20.3 Å². The second kappa shape index (κ2) is 4.26. The van der Waals surface area contributed by atoms with Crippen molar-refractivity contribution in [3.63, 3.8) is 0 Å². The van der Waals surface area contributed by atoms with Crippen molar-refractivity contribution in [3.8, 4) is 0 Å². The molecule has 0 aromatic heterocycles. The van der Waals surface area contributed by atoms with Crippen molar-refractivity contribution in [2.45, 2.75) is 31.5 Å². The number of rotatable bonds is 1. The van der Waals surface area contributed by atoms with E-state index >= 15 is 0 Å². The number of alkyl halides is 1. The van der Waals surface area contributed by atoms with Crippen LogP contribution in [0, 0.1) is 5.92 Å². The van der Waals surface area contributed by atoms with Gasteiger partial charge in [0, 0.05) is 24.3 Å². The molecule has 1 heterocycles. The minimum absolute atomic E-state index is 0.293. The highest BCUT2D eigenvalue weighted by molar-refractivity contribution is 9.09. The average molecular weight is 234 g/mol. The molecule has 2 nitrogen and oxygen atoms in total. The summed E-state index contributed by atoms with van der Waals surface area (Å²) in [5.41, 5.74) is 0. The molecule has 0 N–H and O–H groups in total. The van der Waals surface area contributed by atoms with Crippen LogP contribution in [0.1, 0.15) is 26.7 Å². The molecule has 0 spiro atoms. The summed E-state index contributed by atoms with van der Waals surface area (Å²) >= 11 is 3.61. The molecule has 0 aliphatic carbocycles. The fraction of sp³-hybridized carbons (Fsp3) is 0.889. The first-order chi connectivity index (χ1) is 5.65. The zero-order valence-electron chi connectivity index (χ0n) is 7.72. The Morgan fingerprint density at radius 3 is 2.83 bits per heavy atom. The molecule has 1 amide bonds. The number of piperidine rings is 1. The van der Waals surface area contributed by atoms with Crippen LogP contribution in [0.15, 0.2) is 0 Å². The van der Waals surface area contributed by atoms with E-state index in [9.17, 15) is 4.79 Å². The quantitative estimate of drug-likeness (QED) is 0.635. The van der Waals surface area contributed by atoms with Gasteiger partial charge in [-0.2, -0.15) is 0 Å². The van der Waals surface area contributed by atoms with Gasteiger partial charge in [0.25, 0.3) is 0 Å². The Morgan fingerprint density at radius 1 is 1.67 bits per heavy atom. The van der Waals surface area contributed by atoms with Gasteiger partial charge in [-0.25, -0.2) is 0 Å². The summed E-state index contributed by atoms with van der Waals surface area (Å²) in [6, 6.07) is 0. The van der Waals surface area contributed by atoms with Crippen LogP contribution in [0.2, 0.25) is 0 Å². The van der Waals surface area contributed by atoms with E-state index in [2.05, 4.69) is 22.9 Å². The van der Waals surface area contributed by atoms with Gasteiger partial charge in [-0.15, -0.1) is 0 Å². The molecule has 0 aromatic carbocycles. The highest BCUT2D eigenvalue weighted by Gasteiger charge is 2.25. The molecular weight excluding hydrogens is 218 g/mol. The minimum Gasteiger partial charge on any atom is -0.342 e. The maximum absolute atomic E-state index is 11.3. The van der Waals surface area contributed by atoms with E-state index in [1.165, 1.54) is 0 Å². The molecule has 2 atom stereocenters. The van der Waals surface area contributed by atoms with Crippen LogP contribution < -0.4 is 0 Å². The van der Waals surface area contributed by atoms with Crippen LogP contribution >= 0.6 is 15.9 Å². The van der Waals surface area contributed by atoms with Crippen molar-refractivity contribution < 1.29 is 4.79 Å². The van der Waals surface area contributed by atoms with Crippen molar-refractivity contribution >= 4 is 21.8 Å². The van der Waals surface area contributed by atoms with E-state index in [4.69, 9.17) is 0 Å². The number of halogens is 1. The van der Waals surface area contributed by atoms with Crippen LogP contribution in [-0.2, 0) is 4.79 Å². The van der Waals surface area contributed by atoms with Crippen LogP contribution in [0.5, 0.6) is 0 Å². The first-order valence-corrected chi connectivity index (χ1v) is 5.48. The first kappa shape index (κ1) is 10.0. The Labute approximate surface area is 82.4 Å². The zero-order valence-corrected chi connectivity index (χ0v) is 9.30. The third kappa shape index (κ3) is 2.22. The molecule has 3 heteroatoms. The standard InChI is InChI=1S/C9H16BrNO/c1-3-9(12)11-5-4-8(10)7(2)6-11/h7-8H,3-6H2,1-2H3. The van der Waals surface area contributed by atoms with Gasteiger partial charge in [0.15, 0.2) is 0 Å². The van der Waals surface area contributed by atoms with E-state index in [0.717, 1.165) is 19.5 Å². The van der Waals surface area contributed by atoms with Gasteiger partial charge < -0.3 is 4.90 Å². The molecule has 0 bridgehead atoms. The summed E-state index contributed by atoms with van der Waals surface area (Å²) < 4.78 is 0. The van der Waals surface area contributed by atoms with Crippen LogP contribution in [0.4, 0.5) is 0 Å². The number of carbonyl (C=O) groups is 1. The van der Waals surface area contributed by atoms with Gasteiger partial charge >= 0.3 is 0 Å². The Kier molecular flexibility index (Phi) is 3.56. The maximum Gasteiger partial charge on any atom is 0.222 e. The molecule has 0 saturated carbocycles. The lowest BCUT2D eigenvalue weighted by Crippen LogP contribution is -2.42. The van der Waals surface area contributed by atoms with E-state index in [-0.39, 0.29) is 0 Å². The molecule has 0 radical (unpaired) electrons. The summed E-state index contributed by atoms with van der Waals surface area (Å²) in [4.78, 5) is 13.9. The summed E-state index contributed by atoms with van der Waals surface area (Å²) in [7, 11) is 0. The Morgan fingerprint density at radius 2 is 2.33 bits per heavy atom. The Bertz CT molecular complexity index is 172. The fourth-order valence-corrected chi connectivity index (χ4v) is 1.94. The number of hydrogen-bond acceptors (Lipinski definition) is 1. The molecular formula is C9H16BrNO. The van der Waals surface area contributed by atoms with Gasteiger partial charge in [-0.05, 0) is 12.3 Å². The van der Waals surface area contributed by atoms with Crippen LogP contribution in [0.3, 0.4) is 0 Å². The monoisotopic (exact) mass is 233 g/mol. The lowest BCUT2D eigenvalue weighted by molar-refractivity contribution is -0.132. The molecule has 0 aromatic rings. The van der Waals surface area contributed by atoms with Gasteiger partial charge in [-0.1, -0.05) is 29.8 Å². The van der Waals surface area contributed by atoms with Crippen molar-refractivity contribution in [2.75, 3.05) is 13.1 Å². The summed E-state index contributed by atoms with van der Waals surface area (Å²) in [6.45, 7) is 5.96. The average Bonchev–Trinajstić information content (AvgIpc) is 2.08. The van der Waals surface area contributed by atoms with E-state index in [1.54, 1.807) is 0 Å². The molecule has 1 aliphatic heterocycles. The smallest absolute Gasteiger partial charge is 0.222 e. The van der Waals surface area contributed by atoms with E-state index < -0.39 is 0 Å². The van der Waals surface area contributed by atoms with Crippen LogP contribution in [0.25, 0.3) is 0 Å². The fourth-order valence-electron chi connectivity index (χ4n) is 1.57. The van der Waals surface area contributed by atoms with Crippen molar-refractivity contribution in [1.82, 2.24) is 4.90 Å². The van der Waals surface area contributed by atoms with Gasteiger partial charge in [0.2, 0.25) is 5.91 Å². The highest BCUT2D eigenvalue weighted by atomic mass is 79.9. The summed E-state index contributed by atoms with van der Waals surface area (Å²) in [6.07, 6.45) is 1.73. The Balaban J connectivity index is 2.45. The predicted molar refractivity (Wildman–Crippen MR) is 53.4 cm³/mol. The normalized spacial score (nSPS) is 30.4. The number of hydrogen-bond donors (Lipinski definition) is 0. The number of carbonyl (C=O) groups excluding carboxylic acids is 1. The van der Waals surface area contributed by atoms with Gasteiger partial charge in [0.05, 0.1) is 0 Å². The molecule has 1 fully saturated rings. The molecule has 1 rings (SSSR count). The van der Waals surface area contributed by atoms with Gasteiger partial charge in [-0.3, -0.25) is 4.79 Å². The third-order valence-corrected chi connectivity index (χ3v) is 3.82. The van der Waals surface area contributed by atoms with E-state index in [0.29, 0.717) is 23.1 Å². The Hall–Kier alpha value is -0.0500. The molecule has 70 valence electrons. The molecule has 12 heavy (non-hydrogen) atoms. The van der Waals surface area contributed by atoms with Crippen molar-refractivity contribution in [1.29, 1.82) is 0 Å². The molecule has 2 unspecified atom stereocenters. The van der Waals surface area contributed by atoms with Gasteiger partial charge in [0.1, 0.15) is 0 Å². The largest absolute Gasteiger partial charge is 0.342 e.